The number of hydrogen-bond donors (Lipinski definition) is 1. The van der Waals surface area contributed by atoms with Crippen LogP contribution in [0.3, 0.4) is 0 Å². The number of H-pyrrole nitrogens is 1. The lowest BCUT2D eigenvalue weighted by Gasteiger charge is -2.00. The van der Waals surface area contributed by atoms with Gasteiger partial charge < -0.3 is 4.98 Å². The third-order valence-electron chi connectivity index (χ3n) is 4.11. The van der Waals surface area contributed by atoms with Gasteiger partial charge in [-0.3, -0.25) is 0 Å². The summed E-state index contributed by atoms with van der Waals surface area (Å²) in [7, 11) is 0. The van der Waals surface area contributed by atoms with E-state index in [0.29, 0.717) is 0 Å². The van der Waals surface area contributed by atoms with Crippen LogP contribution in [-0.2, 0) is 6.42 Å². The maximum absolute atomic E-state index is 4.37. The van der Waals surface area contributed by atoms with Crippen LogP contribution in [-0.4, -0.2) is 20.2 Å². The van der Waals surface area contributed by atoms with E-state index in [0.717, 1.165) is 38.6 Å². The molecule has 0 fully saturated rings. The van der Waals surface area contributed by atoms with Crippen LogP contribution < -0.4 is 0 Å². The smallest absolute Gasteiger partial charge is 0.148 e. The zero-order chi connectivity index (χ0) is 16.4. The lowest BCUT2D eigenvalue weighted by molar-refractivity contribution is 0.795. The maximum Gasteiger partial charge on any atom is 0.148 e. The summed E-state index contributed by atoms with van der Waals surface area (Å²) < 4.78 is 0. The van der Waals surface area contributed by atoms with E-state index >= 15 is 0 Å². The van der Waals surface area contributed by atoms with E-state index in [2.05, 4.69) is 57.4 Å². The van der Waals surface area contributed by atoms with Crippen molar-refractivity contribution >= 4 is 22.4 Å². The zero-order valence-electron chi connectivity index (χ0n) is 13.5. The van der Waals surface area contributed by atoms with Crippen molar-refractivity contribution in [1.82, 2.24) is 20.2 Å². The summed E-state index contributed by atoms with van der Waals surface area (Å²) in [6.45, 7) is 2.22. The second-order valence-corrected chi connectivity index (χ2v) is 6.82. The second-order valence-electron chi connectivity index (χ2n) is 5.85. The minimum absolute atomic E-state index is 0.927. The summed E-state index contributed by atoms with van der Waals surface area (Å²) in [4.78, 5) is 7.38. The Morgan fingerprint density at radius 1 is 0.958 bits per heavy atom. The molecule has 0 spiro atoms. The molecule has 0 atom stereocenters. The Kier molecular flexibility index (Phi) is 4.09. The molecule has 2 aromatic carbocycles. The van der Waals surface area contributed by atoms with E-state index in [4.69, 9.17) is 0 Å². The summed E-state index contributed by atoms with van der Waals surface area (Å²) >= 11 is 1.62. The van der Waals surface area contributed by atoms with E-state index in [1.54, 1.807) is 17.7 Å². The van der Waals surface area contributed by atoms with Crippen LogP contribution in [0.15, 0.2) is 48.8 Å². The van der Waals surface area contributed by atoms with Gasteiger partial charge in [0.2, 0.25) is 0 Å². The van der Waals surface area contributed by atoms with E-state index < -0.39 is 0 Å². The number of fused-ring (bicyclic) bond motifs is 1. The van der Waals surface area contributed by atoms with Gasteiger partial charge in [0, 0.05) is 11.1 Å². The maximum atomic E-state index is 4.37. The molecule has 0 amide bonds. The predicted molar refractivity (Wildman–Crippen MR) is 99.0 cm³/mol. The van der Waals surface area contributed by atoms with E-state index in [1.165, 1.54) is 18.4 Å². The number of aromatic amines is 1. The first-order valence-corrected chi connectivity index (χ1v) is 9.01. The Morgan fingerprint density at radius 2 is 1.71 bits per heavy atom. The molecule has 24 heavy (non-hydrogen) atoms. The highest BCUT2D eigenvalue weighted by Gasteiger charge is 2.10. The molecule has 0 aliphatic rings. The summed E-state index contributed by atoms with van der Waals surface area (Å²) in [5.74, 6) is 0. The second kappa shape index (κ2) is 6.53. The van der Waals surface area contributed by atoms with E-state index in [-0.39, 0.29) is 0 Å². The molecule has 0 saturated heterocycles. The molecule has 1 N–H and O–H groups in total. The number of imidazole rings is 1. The first kappa shape index (κ1) is 15.0. The molecule has 0 bridgehead atoms. The summed E-state index contributed by atoms with van der Waals surface area (Å²) in [5.41, 5.74) is 5.56. The van der Waals surface area contributed by atoms with Crippen molar-refractivity contribution in [2.24, 2.45) is 0 Å². The molecular weight excluding hydrogens is 316 g/mol. The molecule has 5 heteroatoms. The van der Waals surface area contributed by atoms with E-state index in [9.17, 15) is 0 Å². The fourth-order valence-corrected chi connectivity index (χ4v) is 3.57. The molecular formula is C19H18N4S. The molecule has 2 aromatic heterocycles. The van der Waals surface area contributed by atoms with Crippen molar-refractivity contribution in [3.63, 3.8) is 0 Å². The molecule has 4 nitrogen and oxygen atoms in total. The number of nitrogens with zero attached hydrogens (tertiary/aromatic N) is 3. The quantitative estimate of drug-likeness (QED) is 0.553. The molecule has 4 aromatic rings. The van der Waals surface area contributed by atoms with Crippen LogP contribution in [0.4, 0.5) is 0 Å². The number of benzene rings is 2. The third kappa shape index (κ3) is 2.95. The summed E-state index contributed by atoms with van der Waals surface area (Å²) in [6.07, 6.45) is 5.31. The highest BCUT2D eigenvalue weighted by molar-refractivity contribution is 7.17. The van der Waals surface area contributed by atoms with Crippen LogP contribution in [0.25, 0.3) is 32.2 Å². The summed E-state index contributed by atoms with van der Waals surface area (Å²) in [6, 6.07) is 14.8. The van der Waals surface area contributed by atoms with Crippen LogP contribution in [0, 0.1) is 0 Å². The van der Waals surface area contributed by atoms with Crippen LogP contribution in [0.1, 0.15) is 25.3 Å². The van der Waals surface area contributed by atoms with Crippen LogP contribution >= 0.6 is 11.3 Å². The fourth-order valence-electron chi connectivity index (χ4n) is 2.72. The fraction of sp³-hybridized carbons (Fsp3) is 0.211. The van der Waals surface area contributed by atoms with Crippen molar-refractivity contribution in [3.8, 4) is 21.1 Å². The van der Waals surface area contributed by atoms with Gasteiger partial charge in [-0.05, 0) is 36.6 Å². The van der Waals surface area contributed by atoms with Crippen molar-refractivity contribution in [3.05, 3.63) is 54.4 Å². The lowest BCUT2D eigenvalue weighted by atomic mass is 10.1. The molecule has 4 rings (SSSR count). The van der Waals surface area contributed by atoms with Gasteiger partial charge in [-0.25, -0.2) is 4.98 Å². The molecule has 0 radical (unpaired) electrons. The molecule has 0 saturated carbocycles. The average Bonchev–Trinajstić information content (AvgIpc) is 3.29. The largest absolute Gasteiger partial charge is 0.345 e. The van der Waals surface area contributed by atoms with Crippen LogP contribution in [0.2, 0.25) is 0 Å². The number of aryl methyl sites for hydroxylation is 1. The minimum atomic E-state index is 0.927. The average molecular weight is 334 g/mol. The highest BCUT2D eigenvalue weighted by atomic mass is 32.1. The Morgan fingerprint density at radius 3 is 2.50 bits per heavy atom. The summed E-state index contributed by atoms with van der Waals surface area (Å²) in [5, 5.41) is 10.6. The van der Waals surface area contributed by atoms with Gasteiger partial charge in [-0.1, -0.05) is 48.9 Å². The molecule has 0 aliphatic carbocycles. The van der Waals surface area contributed by atoms with Crippen molar-refractivity contribution in [2.45, 2.75) is 26.2 Å². The zero-order valence-corrected chi connectivity index (χ0v) is 14.3. The van der Waals surface area contributed by atoms with Gasteiger partial charge in [-0.2, -0.15) is 0 Å². The number of rotatable bonds is 5. The Balaban J connectivity index is 1.59. The molecule has 2 heterocycles. The van der Waals surface area contributed by atoms with E-state index in [1.807, 2.05) is 12.1 Å². The van der Waals surface area contributed by atoms with Crippen molar-refractivity contribution in [1.29, 1.82) is 0 Å². The SMILES string of the molecule is CCCCc1ccc(-c2nnc(-c3ccc4nc[nH]c4c3)s2)cc1. The Labute approximate surface area is 144 Å². The predicted octanol–water partition coefficient (Wildman–Crippen LogP) is 5.09. The number of nitrogens with one attached hydrogen (secondary N) is 1. The van der Waals surface area contributed by atoms with Gasteiger partial charge in [-0.15, -0.1) is 10.2 Å². The Bertz CT molecular complexity index is 953. The number of aromatic nitrogens is 4. The number of unbranched alkanes of at least 4 members (excludes halogenated alkanes) is 1. The van der Waals surface area contributed by atoms with Gasteiger partial charge in [0.15, 0.2) is 0 Å². The Hall–Kier alpha value is -2.53. The third-order valence-corrected chi connectivity index (χ3v) is 5.13. The van der Waals surface area contributed by atoms with Gasteiger partial charge in [0.1, 0.15) is 10.0 Å². The first-order chi connectivity index (χ1) is 11.8. The van der Waals surface area contributed by atoms with Crippen molar-refractivity contribution in [2.75, 3.05) is 0 Å². The lowest BCUT2D eigenvalue weighted by Crippen LogP contribution is -1.84. The van der Waals surface area contributed by atoms with Gasteiger partial charge in [0.25, 0.3) is 0 Å². The minimum Gasteiger partial charge on any atom is -0.345 e. The topological polar surface area (TPSA) is 54.5 Å². The monoisotopic (exact) mass is 334 g/mol. The molecule has 120 valence electrons. The first-order valence-electron chi connectivity index (χ1n) is 8.20. The highest BCUT2D eigenvalue weighted by Crippen LogP contribution is 2.31. The normalized spacial score (nSPS) is 11.2. The molecule has 0 aliphatic heterocycles. The number of hydrogen-bond acceptors (Lipinski definition) is 4. The van der Waals surface area contributed by atoms with Gasteiger partial charge >= 0.3 is 0 Å². The van der Waals surface area contributed by atoms with Gasteiger partial charge in [0.05, 0.1) is 17.4 Å². The van der Waals surface area contributed by atoms with Crippen LogP contribution in [0.5, 0.6) is 0 Å². The van der Waals surface area contributed by atoms with Crippen molar-refractivity contribution < 1.29 is 0 Å². The standard InChI is InChI=1S/C19H18N4S/c1-2-3-4-13-5-7-14(8-6-13)18-22-23-19(24-18)15-9-10-16-17(11-15)21-12-20-16/h5-12H,2-4H2,1H3,(H,20,21). The molecule has 0 unspecified atom stereocenters.